The average Bonchev–Trinajstić information content (AvgIpc) is 3.33. The Balaban J connectivity index is 1.44. The number of aromatic nitrogens is 2. The van der Waals surface area contributed by atoms with Gasteiger partial charge in [0.05, 0.1) is 24.8 Å². The maximum Gasteiger partial charge on any atom is 0.274 e. The zero-order valence-electron chi connectivity index (χ0n) is 18.1. The molecule has 3 aromatic rings. The molecule has 1 aliphatic rings. The highest BCUT2D eigenvalue weighted by molar-refractivity contribution is 7.89. The average molecular weight is 475 g/mol. The van der Waals surface area contributed by atoms with Gasteiger partial charge >= 0.3 is 0 Å². The number of amides is 1. The lowest BCUT2D eigenvalue weighted by molar-refractivity contribution is 0.0691. The number of nitrogens with zero attached hydrogens (tertiary/aromatic N) is 4. The van der Waals surface area contributed by atoms with Crippen molar-refractivity contribution < 1.29 is 27.1 Å². The van der Waals surface area contributed by atoms with Gasteiger partial charge in [-0.2, -0.15) is 9.40 Å². The number of piperazine rings is 1. The highest BCUT2D eigenvalue weighted by atomic mass is 32.2. The molecule has 0 unspecified atom stereocenters. The quantitative estimate of drug-likeness (QED) is 0.544. The number of hydrogen-bond donors (Lipinski definition) is 0. The van der Waals surface area contributed by atoms with E-state index in [1.807, 2.05) is 0 Å². The molecule has 2 heterocycles. The predicted molar refractivity (Wildman–Crippen MR) is 118 cm³/mol. The van der Waals surface area contributed by atoms with Crippen molar-refractivity contribution in [3.05, 3.63) is 66.2 Å². The number of carbonyl (C=O) groups is 1. The van der Waals surface area contributed by atoms with Crippen LogP contribution in [0.2, 0.25) is 0 Å². The molecule has 1 saturated heterocycles. The molecule has 2 aromatic carbocycles. The van der Waals surface area contributed by atoms with E-state index < -0.39 is 15.8 Å². The van der Waals surface area contributed by atoms with Crippen molar-refractivity contribution in [2.24, 2.45) is 0 Å². The van der Waals surface area contributed by atoms with Crippen molar-refractivity contribution in [2.75, 3.05) is 40.4 Å². The monoisotopic (exact) mass is 474 g/mol. The number of hydrogen-bond acceptors (Lipinski definition) is 6. The third-order valence-corrected chi connectivity index (χ3v) is 7.29. The maximum atomic E-state index is 13.5. The fourth-order valence-electron chi connectivity index (χ4n) is 3.62. The van der Waals surface area contributed by atoms with Crippen LogP contribution in [0, 0.1) is 5.82 Å². The normalized spacial score (nSPS) is 14.8. The van der Waals surface area contributed by atoms with Crippen LogP contribution in [0.4, 0.5) is 4.39 Å². The molecule has 0 radical (unpaired) electrons. The molecule has 1 fully saturated rings. The van der Waals surface area contributed by atoms with E-state index in [0.29, 0.717) is 17.2 Å². The summed E-state index contributed by atoms with van der Waals surface area (Å²) in [7, 11) is -0.850. The van der Waals surface area contributed by atoms with Gasteiger partial charge in [-0.1, -0.05) is 6.07 Å². The third-order valence-electron chi connectivity index (χ3n) is 5.40. The van der Waals surface area contributed by atoms with E-state index in [1.165, 1.54) is 47.5 Å². The van der Waals surface area contributed by atoms with Crippen LogP contribution in [0.3, 0.4) is 0 Å². The number of benzene rings is 2. The second-order valence-corrected chi connectivity index (χ2v) is 9.28. The van der Waals surface area contributed by atoms with Gasteiger partial charge in [-0.15, -0.1) is 0 Å². The molecule has 1 aromatic heterocycles. The minimum Gasteiger partial charge on any atom is -0.493 e. The second-order valence-electron chi connectivity index (χ2n) is 7.34. The van der Waals surface area contributed by atoms with Crippen molar-refractivity contribution >= 4 is 15.9 Å². The van der Waals surface area contributed by atoms with Crippen LogP contribution in [0.25, 0.3) is 5.69 Å². The highest BCUT2D eigenvalue weighted by Gasteiger charge is 2.31. The van der Waals surface area contributed by atoms with Crippen LogP contribution in [0.15, 0.2) is 59.6 Å². The van der Waals surface area contributed by atoms with Crippen LogP contribution >= 0.6 is 0 Å². The molecule has 0 aliphatic carbocycles. The van der Waals surface area contributed by atoms with Gasteiger partial charge in [0.2, 0.25) is 10.0 Å². The van der Waals surface area contributed by atoms with Crippen LogP contribution < -0.4 is 9.47 Å². The van der Waals surface area contributed by atoms with Gasteiger partial charge in [-0.25, -0.2) is 17.5 Å². The first-order valence-corrected chi connectivity index (χ1v) is 11.6. The molecule has 0 atom stereocenters. The first-order valence-electron chi connectivity index (χ1n) is 10.2. The molecule has 1 aliphatic heterocycles. The molecule has 0 spiro atoms. The second kappa shape index (κ2) is 9.20. The van der Waals surface area contributed by atoms with E-state index in [9.17, 15) is 17.6 Å². The first-order chi connectivity index (χ1) is 15.8. The largest absolute Gasteiger partial charge is 0.493 e. The Kier molecular flexibility index (Phi) is 6.34. The fraction of sp³-hybridized carbons (Fsp3) is 0.273. The van der Waals surface area contributed by atoms with Gasteiger partial charge in [0.15, 0.2) is 17.2 Å². The van der Waals surface area contributed by atoms with Crippen molar-refractivity contribution in [1.82, 2.24) is 19.0 Å². The fourth-order valence-corrected chi connectivity index (χ4v) is 5.06. The molecule has 4 rings (SSSR count). The van der Waals surface area contributed by atoms with Crippen LogP contribution in [-0.4, -0.2) is 73.7 Å². The van der Waals surface area contributed by atoms with E-state index in [0.717, 1.165) is 0 Å². The Labute approximate surface area is 191 Å². The molecule has 11 heteroatoms. The van der Waals surface area contributed by atoms with E-state index in [-0.39, 0.29) is 42.7 Å². The molecule has 174 valence electrons. The summed E-state index contributed by atoms with van der Waals surface area (Å²) in [5.41, 5.74) is 0.704. The summed E-state index contributed by atoms with van der Waals surface area (Å²) in [5, 5.41) is 4.25. The Morgan fingerprint density at radius 3 is 2.36 bits per heavy atom. The van der Waals surface area contributed by atoms with E-state index in [1.54, 1.807) is 35.4 Å². The molecule has 33 heavy (non-hydrogen) atoms. The Hall–Kier alpha value is -3.44. The molecule has 0 bridgehead atoms. The number of methoxy groups -OCH3 is 2. The Morgan fingerprint density at radius 1 is 0.970 bits per heavy atom. The lowest BCUT2D eigenvalue weighted by Crippen LogP contribution is -2.50. The SMILES string of the molecule is COc1ccc(S(=O)(=O)N2CCN(C(=O)c3ccn(-c4cccc(F)c4)n3)CC2)cc1OC. The lowest BCUT2D eigenvalue weighted by atomic mass is 10.3. The number of rotatable bonds is 6. The lowest BCUT2D eigenvalue weighted by Gasteiger charge is -2.33. The van der Waals surface area contributed by atoms with Gasteiger partial charge in [-0.05, 0) is 36.4 Å². The summed E-state index contributed by atoms with van der Waals surface area (Å²) >= 11 is 0. The number of sulfonamides is 1. The van der Waals surface area contributed by atoms with Crippen molar-refractivity contribution in [3.8, 4) is 17.2 Å². The van der Waals surface area contributed by atoms with Crippen LogP contribution in [-0.2, 0) is 10.0 Å². The molecule has 9 nitrogen and oxygen atoms in total. The van der Waals surface area contributed by atoms with Crippen molar-refractivity contribution in [3.63, 3.8) is 0 Å². The highest BCUT2D eigenvalue weighted by Crippen LogP contribution is 2.31. The van der Waals surface area contributed by atoms with Gasteiger partial charge in [0.25, 0.3) is 5.91 Å². The third kappa shape index (κ3) is 4.55. The zero-order valence-corrected chi connectivity index (χ0v) is 19.0. The van der Waals surface area contributed by atoms with E-state index in [4.69, 9.17) is 9.47 Å². The van der Waals surface area contributed by atoms with Crippen LogP contribution in [0.1, 0.15) is 10.5 Å². The van der Waals surface area contributed by atoms with Gasteiger partial charge in [-0.3, -0.25) is 4.79 Å². The number of carbonyl (C=O) groups excluding carboxylic acids is 1. The predicted octanol–water partition coefficient (Wildman–Crippen LogP) is 2.18. The summed E-state index contributed by atoms with van der Waals surface area (Å²) in [5.74, 6) is 0.0434. The molecular formula is C22H23FN4O5S. The van der Waals surface area contributed by atoms with Gasteiger partial charge in [0, 0.05) is 38.4 Å². The molecular weight excluding hydrogens is 451 g/mol. The first kappa shape index (κ1) is 22.7. The van der Waals surface area contributed by atoms with Crippen molar-refractivity contribution in [2.45, 2.75) is 4.90 Å². The molecule has 0 saturated carbocycles. The standard InChI is InChI=1S/C22H23FN4O5S/c1-31-20-7-6-18(15-21(20)32-2)33(29,30)26-12-10-25(11-13-26)22(28)19-8-9-27(24-19)17-5-3-4-16(23)14-17/h3-9,14-15H,10-13H2,1-2H3. The maximum absolute atomic E-state index is 13.5. The Morgan fingerprint density at radius 2 is 1.70 bits per heavy atom. The summed E-state index contributed by atoms with van der Waals surface area (Å²) in [6.45, 7) is 0.733. The minimum atomic E-state index is -3.76. The summed E-state index contributed by atoms with van der Waals surface area (Å²) in [6.07, 6.45) is 1.58. The number of halogens is 1. The van der Waals surface area contributed by atoms with E-state index >= 15 is 0 Å². The number of ether oxygens (including phenoxy) is 2. The summed E-state index contributed by atoms with van der Waals surface area (Å²) < 4.78 is 52.7. The molecule has 1 amide bonds. The minimum absolute atomic E-state index is 0.0914. The van der Waals surface area contributed by atoms with Crippen LogP contribution in [0.5, 0.6) is 11.5 Å². The topological polar surface area (TPSA) is 94.0 Å². The van der Waals surface area contributed by atoms with Crippen molar-refractivity contribution in [1.29, 1.82) is 0 Å². The smallest absolute Gasteiger partial charge is 0.274 e. The zero-order chi connectivity index (χ0) is 23.6. The van der Waals surface area contributed by atoms with E-state index in [2.05, 4.69) is 5.10 Å². The Bertz CT molecular complexity index is 1270. The van der Waals surface area contributed by atoms with Gasteiger partial charge in [0.1, 0.15) is 5.82 Å². The summed E-state index contributed by atoms with van der Waals surface area (Å²) in [4.78, 5) is 14.5. The summed E-state index contributed by atoms with van der Waals surface area (Å²) in [6, 6.07) is 11.9. The molecule has 0 N–H and O–H groups in total. The van der Waals surface area contributed by atoms with Gasteiger partial charge < -0.3 is 14.4 Å².